The summed E-state index contributed by atoms with van der Waals surface area (Å²) in [5.74, 6) is 0. The number of methoxy groups -OCH3 is 3. The Labute approximate surface area is 596 Å². The van der Waals surface area contributed by atoms with E-state index in [0.717, 1.165) is 52.9 Å². The van der Waals surface area contributed by atoms with E-state index in [9.17, 15) is 37.9 Å². The van der Waals surface area contributed by atoms with Crippen LogP contribution in [0.1, 0.15) is 329 Å². The molecule has 0 bridgehead atoms. The molecule has 21 nitrogen and oxygen atoms in total. The van der Waals surface area contributed by atoms with Crippen LogP contribution < -0.4 is 0 Å². The minimum Gasteiger partial charge on any atom is -0.412 e. The van der Waals surface area contributed by atoms with Crippen molar-refractivity contribution in [3.8, 4) is 0 Å². The third-order valence-corrected chi connectivity index (χ3v) is 23.9. The van der Waals surface area contributed by atoms with E-state index in [1.807, 2.05) is 0 Å². The summed E-state index contributed by atoms with van der Waals surface area (Å²) in [6.07, 6.45) is 63.2. The van der Waals surface area contributed by atoms with Crippen LogP contribution in [0.3, 0.4) is 0 Å². The highest BCUT2D eigenvalue weighted by atomic mass is 31.2. The molecule has 6 unspecified atom stereocenters. The predicted molar refractivity (Wildman–Crippen MR) is 398 cm³/mol. The maximum Gasteiger partial charge on any atom is 0.697 e. The zero-order valence-electron chi connectivity index (χ0n) is 63.2. The fourth-order valence-corrected chi connectivity index (χ4v) is 14.8. The van der Waals surface area contributed by atoms with Crippen molar-refractivity contribution in [2.75, 3.05) is 102 Å². The van der Waals surface area contributed by atoms with Gasteiger partial charge in [0, 0.05) is 52.8 Å². The van der Waals surface area contributed by atoms with Crippen molar-refractivity contribution < 1.29 is 99.0 Å². The molecule has 0 aliphatic carbocycles. The molecule has 5 N–H and O–H groups in total. The van der Waals surface area contributed by atoms with E-state index in [1.54, 1.807) is 7.11 Å². The summed E-state index contributed by atoms with van der Waals surface area (Å²) >= 11 is 0. The van der Waals surface area contributed by atoms with Gasteiger partial charge < -0.3 is 62.6 Å². The van der Waals surface area contributed by atoms with Crippen molar-refractivity contribution in [1.29, 1.82) is 0 Å². The summed E-state index contributed by atoms with van der Waals surface area (Å²) in [5, 5.41) is 19.0. The Morgan fingerprint density at radius 1 is 0.361 bits per heavy atom. The minimum absolute atomic E-state index is 0. The van der Waals surface area contributed by atoms with Crippen LogP contribution in [0.4, 0.5) is 0 Å². The molecule has 0 aromatic carbocycles. The molecule has 0 radical (unpaired) electrons. The monoisotopic (exact) mass is 1490 g/mol. The molecule has 97 heavy (non-hydrogen) atoms. The van der Waals surface area contributed by atoms with Crippen molar-refractivity contribution in [2.24, 2.45) is 0 Å². The molecule has 0 saturated carbocycles. The molecule has 0 aliphatic rings. The molecule has 584 valence electrons. The lowest BCUT2D eigenvalue weighted by Crippen LogP contribution is -2.25. The van der Waals surface area contributed by atoms with E-state index in [2.05, 4.69) is 29.8 Å². The van der Waals surface area contributed by atoms with Crippen molar-refractivity contribution in [1.82, 2.24) is 0 Å². The highest BCUT2D eigenvalue weighted by Gasteiger charge is 2.50. The average molecular weight is 1500 g/mol. The molecule has 0 saturated heterocycles. The molecular weight excluding hydrogens is 1340 g/mol. The first kappa shape index (κ1) is 103. The van der Waals surface area contributed by atoms with E-state index in [-0.39, 0.29) is 44.6 Å². The van der Waals surface area contributed by atoms with Gasteiger partial charge >= 0.3 is 37.1 Å². The molecule has 0 fully saturated rings. The Balaban J connectivity index is -0.000000668. The van der Waals surface area contributed by atoms with Gasteiger partial charge in [-0.1, -0.05) is 310 Å². The normalized spacial score (nSPS) is 14.7. The van der Waals surface area contributed by atoms with Gasteiger partial charge in [0.2, 0.25) is 14.0 Å². The van der Waals surface area contributed by atoms with Crippen LogP contribution in [0.15, 0.2) is 0 Å². The largest absolute Gasteiger partial charge is 0.697 e. The van der Waals surface area contributed by atoms with E-state index in [0.29, 0.717) is 19.8 Å². The van der Waals surface area contributed by atoms with Gasteiger partial charge in [0.15, 0.2) is 0 Å². The van der Waals surface area contributed by atoms with Crippen LogP contribution in [0.2, 0.25) is 0 Å². The zero-order valence-corrected chi connectivity index (χ0v) is 67.7. The molecule has 0 aromatic rings. The van der Waals surface area contributed by atoms with Crippen LogP contribution in [0.5, 0.6) is 0 Å². The summed E-state index contributed by atoms with van der Waals surface area (Å²) in [6.45, 7) is 9.64. The van der Waals surface area contributed by atoms with Crippen LogP contribution in [0, 0.1) is 0 Å². The molecular formula is C71H151O21P5+2. The molecule has 0 amide bonds. The Morgan fingerprint density at radius 3 is 0.835 bits per heavy atom. The first-order valence-corrected chi connectivity index (χ1v) is 44.6. The Bertz CT molecular complexity index is 1720. The minimum atomic E-state index is -4.33. The van der Waals surface area contributed by atoms with Gasteiger partial charge in [0.1, 0.15) is 24.9 Å². The summed E-state index contributed by atoms with van der Waals surface area (Å²) < 4.78 is 119. The SMILES string of the molecule is CCCCCCCCCCCCCCCCCCOC[C@H](COP(=O)(O)C(O)P=O)OC.CCCCCCCCCCCCCCCCCCOC[C@H](COP(=O)(OC)C(O)[P+](=O)OC)OC.CCCCCCCCCCCCCCCCCCOC[C@H](CO[P+](=O)OC)OC.O. The van der Waals surface area contributed by atoms with Crippen molar-refractivity contribution in [3.05, 3.63) is 0 Å². The van der Waals surface area contributed by atoms with Gasteiger partial charge in [0.25, 0.3) is 0 Å². The number of aliphatic hydroxyl groups is 2. The first-order valence-electron chi connectivity index (χ1n) is 38.1. The number of rotatable bonds is 76. The summed E-state index contributed by atoms with van der Waals surface area (Å²) in [4.78, 5) is 9.43. The predicted octanol–water partition coefficient (Wildman–Crippen LogP) is 21.6. The van der Waals surface area contributed by atoms with E-state index < -0.39 is 63.3 Å². The van der Waals surface area contributed by atoms with Gasteiger partial charge in [-0.3, -0.25) is 13.7 Å². The average Bonchev–Trinajstić information content (AvgIpc) is 1.01. The van der Waals surface area contributed by atoms with Crippen molar-refractivity contribution in [3.63, 3.8) is 0 Å². The zero-order chi connectivity index (χ0) is 71.5. The summed E-state index contributed by atoms with van der Waals surface area (Å²) in [5.41, 5.74) is -3.79. The maximum absolute atomic E-state index is 12.5. The molecule has 26 heteroatoms. The summed E-state index contributed by atoms with van der Waals surface area (Å²) in [7, 11) is -5.62. The Morgan fingerprint density at radius 2 is 0.608 bits per heavy atom. The van der Waals surface area contributed by atoms with Crippen LogP contribution >= 0.6 is 39.9 Å². The molecule has 0 aromatic heterocycles. The Kier molecular flexibility index (Phi) is 87.2. The standard InChI is InChI=1S/C25H53O8P2.C23H48O7P2.C23H48O5P.H2O/c1-5-6-7-8-9-10-11-12-13-14-15-16-17-18-19-20-21-32-22-24(29-2)23-33-35(28,31-4)25(26)34(27)30-3;1-3-4-5-6-7-8-9-10-11-12-13-14-15-16-17-18-19-29-20-22(28-2)21-30-32(26,27)23(24)31-25;1-4-5-6-7-8-9-10-11-12-13-14-15-16-17-18-19-20-27-21-23(25-2)22-28-29(24)26-3;/h24-26H,5-23H2,1-4H3;22-24H,3-21H2,1-2H3,(H,26,27);23H,4-22H2,1-3H3;1H2/q+1;;+1;/t24-,25?,35?;22-,23?;23-;/m111./s1. The van der Waals surface area contributed by atoms with E-state index >= 15 is 0 Å². The topological polar surface area (TPSA) is 288 Å². The summed E-state index contributed by atoms with van der Waals surface area (Å²) in [6, 6.07) is 0. The fourth-order valence-electron chi connectivity index (χ4n) is 10.6. The van der Waals surface area contributed by atoms with Gasteiger partial charge in [-0.25, -0.2) is 0 Å². The van der Waals surface area contributed by atoms with Gasteiger partial charge in [-0.2, -0.15) is 0 Å². The quantitative estimate of drug-likeness (QED) is 0.0377. The lowest BCUT2D eigenvalue weighted by molar-refractivity contribution is -0.0187. The molecule has 0 heterocycles. The molecule has 0 rings (SSSR count). The van der Waals surface area contributed by atoms with Crippen molar-refractivity contribution in [2.45, 2.75) is 358 Å². The number of ether oxygens (including phenoxy) is 6. The lowest BCUT2D eigenvalue weighted by Gasteiger charge is -2.19. The lowest BCUT2D eigenvalue weighted by atomic mass is 10.0. The van der Waals surface area contributed by atoms with Crippen LogP contribution in [-0.2, 0) is 78.4 Å². The number of hydrogen-bond donors (Lipinski definition) is 3. The van der Waals surface area contributed by atoms with E-state index in [1.165, 1.54) is 297 Å². The second kappa shape index (κ2) is 81.8. The molecule has 0 aliphatic heterocycles. The number of hydrogen-bond acceptors (Lipinski definition) is 19. The van der Waals surface area contributed by atoms with Gasteiger partial charge in [0.05, 0.1) is 47.3 Å². The highest BCUT2D eigenvalue weighted by molar-refractivity contribution is 7.66. The smallest absolute Gasteiger partial charge is 0.412 e. The van der Waals surface area contributed by atoms with Gasteiger partial charge in [-0.05, 0) is 23.8 Å². The van der Waals surface area contributed by atoms with E-state index in [4.69, 9.17) is 46.5 Å². The highest BCUT2D eigenvalue weighted by Crippen LogP contribution is 2.59. The maximum atomic E-state index is 12.5. The second-order valence-electron chi connectivity index (χ2n) is 25.6. The van der Waals surface area contributed by atoms with Crippen molar-refractivity contribution >= 4 is 39.9 Å². The molecule has 9 atom stereocenters. The van der Waals surface area contributed by atoms with Crippen LogP contribution in [0.25, 0.3) is 0 Å². The third-order valence-electron chi connectivity index (χ3n) is 17.0. The second-order valence-corrected chi connectivity index (χ2v) is 33.6. The van der Waals surface area contributed by atoms with Crippen LogP contribution in [-0.4, -0.2) is 152 Å². The fraction of sp³-hybridized carbons (Fsp3) is 1.00. The number of unbranched alkanes of at least 4 members (excludes halogenated alkanes) is 45. The first-order chi connectivity index (χ1) is 46.7. The number of aliphatic hydroxyl groups excluding tert-OH is 2. The molecule has 0 spiro atoms. The van der Waals surface area contributed by atoms with Gasteiger partial charge in [-0.15, -0.1) is 13.6 Å². The third kappa shape index (κ3) is 72.8. The Hall–Kier alpha value is 0.120.